The van der Waals surface area contributed by atoms with Crippen LogP contribution in [0.4, 0.5) is 17.1 Å². The Hall–Kier alpha value is -5.86. The average Bonchev–Trinajstić information content (AvgIpc) is 3.60. The molecule has 63 heavy (non-hydrogen) atoms. The molecule has 2 heteroatoms. The summed E-state index contributed by atoms with van der Waals surface area (Å²) in [6.07, 6.45) is 9.07. The number of para-hydroxylation sites is 1. The quantitative estimate of drug-likeness (QED) is 0.171. The van der Waals surface area contributed by atoms with Crippen LogP contribution in [0, 0.1) is 23.7 Å². The van der Waals surface area contributed by atoms with Crippen LogP contribution < -0.4 is 9.64 Å². The fourth-order valence-electron chi connectivity index (χ4n) is 14.9. The molecule has 2 nitrogen and oxygen atoms in total. The van der Waals surface area contributed by atoms with Gasteiger partial charge in [-0.1, -0.05) is 149 Å². The van der Waals surface area contributed by atoms with E-state index in [0.29, 0.717) is 11.8 Å². The summed E-state index contributed by atoms with van der Waals surface area (Å²) in [6.45, 7) is 9.89. The molecule has 0 amide bonds. The summed E-state index contributed by atoms with van der Waals surface area (Å²) in [7, 11) is 0. The molecule has 14 rings (SSSR count). The average molecular weight is 820 g/mol. The van der Waals surface area contributed by atoms with Gasteiger partial charge in [0.1, 0.15) is 11.5 Å². The van der Waals surface area contributed by atoms with E-state index in [0.717, 1.165) is 29.8 Å². The van der Waals surface area contributed by atoms with Gasteiger partial charge in [0, 0.05) is 27.9 Å². The summed E-state index contributed by atoms with van der Waals surface area (Å²) in [4.78, 5) is 2.66. The van der Waals surface area contributed by atoms with E-state index in [1.165, 1.54) is 111 Å². The fourth-order valence-corrected chi connectivity index (χ4v) is 14.9. The third kappa shape index (κ3) is 5.13. The highest BCUT2D eigenvalue weighted by Gasteiger charge is 2.61. The van der Waals surface area contributed by atoms with Gasteiger partial charge in [0.15, 0.2) is 0 Å². The molecule has 7 aromatic rings. The summed E-state index contributed by atoms with van der Waals surface area (Å²) < 4.78 is 7.01. The summed E-state index contributed by atoms with van der Waals surface area (Å²) in [5.74, 6) is 5.10. The summed E-state index contributed by atoms with van der Waals surface area (Å²) in [6, 6.07) is 62.7. The number of benzene rings is 7. The van der Waals surface area contributed by atoms with E-state index >= 15 is 0 Å². The predicted octanol–water partition coefficient (Wildman–Crippen LogP) is 15.7. The van der Waals surface area contributed by atoms with Crippen LogP contribution in [0.2, 0.25) is 0 Å². The van der Waals surface area contributed by atoms with Gasteiger partial charge in [-0.05, 0) is 166 Å². The van der Waals surface area contributed by atoms with E-state index in [1.807, 2.05) is 0 Å². The Labute approximate surface area is 374 Å². The Morgan fingerprint density at radius 1 is 0.444 bits per heavy atom. The van der Waals surface area contributed by atoms with E-state index in [1.54, 1.807) is 0 Å². The molecule has 0 aromatic heterocycles. The maximum Gasteiger partial charge on any atom is 0.131 e. The van der Waals surface area contributed by atoms with Gasteiger partial charge in [0.25, 0.3) is 0 Å². The smallest absolute Gasteiger partial charge is 0.131 e. The summed E-state index contributed by atoms with van der Waals surface area (Å²) >= 11 is 0. The highest BCUT2D eigenvalue weighted by molar-refractivity contribution is 5.90. The molecule has 0 saturated heterocycles. The van der Waals surface area contributed by atoms with Gasteiger partial charge in [0.2, 0.25) is 0 Å². The largest absolute Gasteiger partial charge is 0.457 e. The molecule has 1 heterocycles. The van der Waals surface area contributed by atoms with Crippen LogP contribution in [0.25, 0.3) is 11.1 Å². The topological polar surface area (TPSA) is 12.5 Å². The van der Waals surface area contributed by atoms with E-state index in [2.05, 4.69) is 196 Å². The van der Waals surface area contributed by atoms with Gasteiger partial charge in [-0.2, -0.15) is 0 Å². The van der Waals surface area contributed by atoms with Crippen LogP contribution in [-0.2, 0) is 21.7 Å². The standard InChI is InChI=1S/C61H57NO/c1-58(2)30-31-59(3,4)57-51(58)23-15-24-54(57)62(46-27-29-56-53(38-46)61(50-22-13-14-25-55(50)63-56)43-33-39-32-40(35-43)36-44(61)34-39)45-26-28-48-47-20-11-12-21-49(47)60(52(48)37-45,41-16-7-5-8-17-41)42-18-9-6-10-19-42/h5-29,37-40,43-44H,30-36H2,1-4H3. The molecule has 0 unspecified atom stereocenters. The number of rotatable bonds is 5. The SMILES string of the molecule is CC1(C)CCC(C)(C)c2c(N(c3ccc4c(c3)C(c3ccccc3)(c3ccccc3)c3ccccc3-4)c3ccc4c(c3)C3(c5ccccc5O4)C4CC5CC(C4)CC3C5)cccc21. The van der Waals surface area contributed by atoms with Crippen LogP contribution in [0.15, 0.2) is 164 Å². The molecule has 4 saturated carbocycles. The lowest BCUT2D eigenvalue weighted by Gasteiger charge is -2.63. The lowest BCUT2D eigenvalue weighted by atomic mass is 9.42. The second-order valence-corrected chi connectivity index (χ2v) is 21.5. The number of fused-ring (bicyclic) bond motifs is 6. The highest BCUT2D eigenvalue weighted by atomic mass is 16.5. The molecule has 6 aliphatic carbocycles. The van der Waals surface area contributed by atoms with Gasteiger partial charge in [-0.3, -0.25) is 0 Å². The van der Waals surface area contributed by atoms with Crippen molar-refractivity contribution in [2.75, 3.05) is 4.90 Å². The molecule has 1 aliphatic heterocycles. The predicted molar refractivity (Wildman–Crippen MR) is 258 cm³/mol. The number of hydrogen-bond acceptors (Lipinski definition) is 2. The van der Waals surface area contributed by atoms with Crippen LogP contribution >= 0.6 is 0 Å². The van der Waals surface area contributed by atoms with Crippen molar-refractivity contribution >= 4 is 17.1 Å². The molecular formula is C61H57NO. The van der Waals surface area contributed by atoms with Gasteiger partial charge in [0.05, 0.1) is 11.1 Å². The molecular weight excluding hydrogens is 763 g/mol. The van der Waals surface area contributed by atoms with Gasteiger partial charge in [-0.15, -0.1) is 0 Å². The van der Waals surface area contributed by atoms with E-state index in [9.17, 15) is 0 Å². The van der Waals surface area contributed by atoms with Crippen LogP contribution in [0.1, 0.15) is 117 Å². The fraction of sp³-hybridized carbons (Fsp3) is 0.311. The molecule has 7 aromatic carbocycles. The zero-order valence-corrected chi connectivity index (χ0v) is 37.2. The molecule has 4 fully saturated rings. The van der Waals surface area contributed by atoms with Crippen molar-refractivity contribution in [1.82, 2.24) is 0 Å². The number of ether oxygens (including phenoxy) is 1. The van der Waals surface area contributed by atoms with Gasteiger partial charge >= 0.3 is 0 Å². The maximum absolute atomic E-state index is 7.01. The van der Waals surface area contributed by atoms with Crippen molar-refractivity contribution in [2.45, 2.75) is 94.3 Å². The first-order valence-corrected chi connectivity index (χ1v) is 23.9. The van der Waals surface area contributed by atoms with Crippen LogP contribution in [-0.4, -0.2) is 0 Å². The normalized spacial score (nSPS) is 25.6. The lowest BCUT2D eigenvalue weighted by Crippen LogP contribution is -2.57. The van der Waals surface area contributed by atoms with Crippen molar-refractivity contribution in [1.29, 1.82) is 0 Å². The zero-order chi connectivity index (χ0) is 42.3. The van der Waals surface area contributed by atoms with E-state index in [4.69, 9.17) is 4.74 Å². The van der Waals surface area contributed by atoms with Crippen molar-refractivity contribution in [3.63, 3.8) is 0 Å². The summed E-state index contributed by atoms with van der Waals surface area (Å²) in [5, 5.41) is 0. The van der Waals surface area contributed by atoms with Crippen molar-refractivity contribution < 1.29 is 4.74 Å². The molecule has 4 bridgehead atoms. The van der Waals surface area contributed by atoms with Crippen molar-refractivity contribution in [2.24, 2.45) is 23.7 Å². The second-order valence-electron chi connectivity index (χ2n) is 21.5. The van der Waals surface area contributed by atoms with Crippen molar-refractivity contribution in [3.8, 4) is 22.6 Å². The first-order chi connectivity index (χ1) is 30.7. The Morgan fingerprint density at radius 3 is 1.68 bits per heavy atom. The highest BCUT2D eigenvalue weighted by Crippen LogP contribution is 2.69. The first kappa shape index (κ1) is 37.7. The van der Waals surface area contributed by atoms with Crippen molar-refractivity contribution in [3.05, 3.63) is 208 Å². The number of hydrogen-bond donors (Lipinski definition) is 0. The second kappa shape index (κ2) is 13.3. The van der Waals surface area contributed by atoms with E-state index in [-0.39, 0.29) is 16.2 Å². The zero-order valence-electron chi connectivity index (χ0n) is 37.2. The molecule has 7 aliphatic rings. The minimum absolute atomic E-state index is 0.0105. The molecule has 312 valence electrons. The summed E-state index contributed by atoms with van der Waals surface area (Å²) in [5.41, 5.74) is 16.9. The monoisotopic (exact) mass is 819 g/mol. The first-order valence-electron chi connectivity index (χ1n) is 23.9. The Morgan fingerprint density at radius 2 is 0.984 bits per heavy atom. The Balaban J connectivity index is 1.09. The van der Waals surface area contributed by atoms with Crippen LogP contribution in [0.5, 0.6) is 11.5 Å². The minimum Gasteiger partial charge on any atom is -0.457 e. The third-order valence-corrected chi connectivity index (χ3v) is 17.4. The number of anilines is 3. The van der Waals surface area contributed by atoms with Gasteiger partial charge in [-0.25, -0.2) is 0 Å². The molecule has 0 N–H and O–H groups in total. The maximum atomic E-state index is 7.01. The molecule has 1 spiro atoms. The Bertz CT molecular complexity index is 2890. The molecule has 0 atom stereocenters. The third-order valence-electron chi connectivity index (χ3n) is 17.4. The van der Waals surface area contributed by atoms with Crippen LogP contribution in [0.3, 0.4) is 0 Å². The van der Waals surface area contributed by atoms with Gasteiger partial charge < -0.3 is 9.64 Å². The molecule has 0 radical (unpaired) electrons. The Kier molecular flexibility index (Phi) is 7.97. The minimum atomic E-state index is -0.495. The lowest BCUT2D eigenvalue weighted by molar-refractivity contribution is -0.0452. The van der Waals surface area contributed by atoms with E-state index < -0.39 is 5.41 Å². The number of nitrogens with zero attached hydrogens (tertiary/aromatic N) is 1.